The summed E-state index contributed by atoms with van der Waals surface area (Å²) in [6.07, 6.45) is 0. The Balaban J connectivity index is 1.61. The van der Waals surface area contributed by atoms with Crippen LogP contribution in [-0.2, 0) is 16.1 Å². The van der Waals surface area contributed by atoms with E-state index < -0.39 is 17.8 Å². The van der Waals surface area contributed by atoms with Gasteiger partial charge in [0, 0.05) is 0 Å². The molecule has 0 atom stereocenters. The Morgan fingerprint density at radius 3 is 2.74 bits per heavy atom. The van der Waals surface area contributed by atoms with E-state index in [2.05, 4.69) is 26.2 Å². The predicted octanol–water partition coefficient (Wildman–Crippen LogP) is -1.17. The number of hydrogen-bond acceptors (Lipinski definition) is 6. The maximum atomic E-state index is 11.9. The van der Waals surface area contributed by atoms with Crippen LogP contribution in [0.1, 0.15) is 5.82 Å². The molecule has 0 aliphatic carbocycles. The first-order chi connectivity index (χ1) is 11.1. The van der Waals surface area contributed by atoms with Gasteiger partial charge < -0.3 is 10.6 Å². The fraction of sp³-hybridized carbons (Fsp3) is 0.231. The molecule has 10 nitrogen and oxygen atoms in total. The maximum Gasteiger partial charge on any atom is 0.325 e. The zero-order valence-corrected chi connectivity index (χ0v) is 12.0. The number of rotatable bonds is 5. The lowest BCUT2D eigenvalue weighted by Crippen LogP contribution is -2.40. The molecule has 2 aromatic rings. The summed E-state index contributed by atoms with van der Waals surface area (Å²) in [6.45, 7) is -0.347. The van der Waals surface area contributed by atoms with Gasteiger partial charge in [-0.25, -0.2) is 4.79 Å². The second-order valence-electron chi connectivity index (χ2n) is 4.76. The maximum absolute atomic E-state index is 11.9. The third kappa shape index (κ3) is 3.15. The van der Waals surface area contributed by atoms with Crippen molar-refractivity contribution in [2.75, 3.05) is 13.1 Å². The molecule has 1 aliphatic rings. The number of para-hydroxylation sites is 1. The molecule has 0 bridgehead atoms. The molecule has 23 heavy (non-hydrogen) atoms. The van der Waals surface area contributed by atoms with Crippen LogP contribution in [0.25, 0.3) is 5.69 Å². The number of carbonyl (C=O) groups is 3. The minimum Gasteiger partial charge on any atom is -0.347 e. The molecule has 1 aromatic heterocycles. The first-order valence-corrected chi connectivity index (χ1v) is 6.83. The van der Waals surface area contributed by atoms with E-state index in [0.29, 0.717) is 5.82 Å². The van der Waals surface area contributed by atoms with Crippen molar-refractivity contribution in [3.05, 3.63) is 36.2 Å². The van der Waals surface area contributed by atoms with Crippen LogP contribution in [0.5, 0.6) is 0 Å². The molecule has 4 amide bonds. The minimum atomic E-state index is -0.570. The Hall–Kier alpha value is -3.30. The van der Waals surface area contributed by atoms with Crippen LogP contribution in [0.3, 0.4) is 0 Å². The van der Waals surface area contributed by atoms with Crippen LogP contribution < -0.4 is 10.6 Å². The van der Waals surface area contributed by atoms with E-state index >= 15 is 0 Å². The molecule has 0 saturated carbocycles. The van der Waals surface area contributed by atoms with E-state index in [0.717, 1.165) is 10.6 Å². The van der Waals surface area contributed by atoms with E-state index in [1.54, 1.807) is 0 Å². The second-order valence-corrected chi connectivity index (χ2v) is 4.76. The average Bonchev–Trinajstić information content (AvgIpc) is 3.15. The van der Waals surface area contributed by atoms with E-state index in [9.17, 15) is 14.4 Å². The van der Waals surface area contributed by atoms with Crippen molar-refractivity contribution in [1.82, 2.24) is 35.7 Å². The molecule has 1 fully saturated rings. The number of benzene rings is 1. The van der Waals surface area contributed by atoms with Crippen LogP contribution in [-0.4, -0.2) is 56.0 Å². The highest BCUT2D eigenvalue weighted by Gasteiger charge is 2.30. The summed E-state index contributed by atoms with van der Waals surface area (Å²) >= 11 is 0. The number of imide groups is 1. The normalized spacial score (nSPS) is 14.0. The van der Waals surface area contributed by atoms with Crippen molar-refractivity contribution in [2.24, 2.45) is 0 Å². The largest absolute Gasteiger partial charge is 0.347 e. The smallest absolute Gasteiger partial charge is 0.325 e. The first kappa shape index (κ1) is 14.6. The van der Waals surface area contributed by atoms with E-state index in [1.165, 1.54) is 4.68 Å². The van der Waals surface area contributed by atoms with Crippen LogP contribution >= 0.6 is 0 Å². The van der Waals surface area contributed by atoms with E-state index in [4.69, 9.17) is 0 Å². The van der Waals surface area contributed by atoms with Gasteiger partial charge in [0.25, 0.3) is 5.91 Å². The van der Waals surface area contributed by atoms with Gasteiger partial charge in [0.15, 0.2) is 5.82 Å². The van der Waals surface area contributed by atoms with Crippen molar-refractivity contribution >= 4 is 17.8 Å². The van der Waals surface area contributed by atoms with Crippen LogP contribution in [0.4, 0.5) is 4.79 Å². The Bertz CT molecular complexity index is 727. The van der Waals surface area contributed by atoms with Gasteiger partial charge in [0.05, 0.1) is 18.8 Å². The number of nitrogens with one attached hydrogen (secondary N) is 2. The van der Waals surface area contributed by atoms with Gasteiger partial charge in [-0.05, 0) is 22.6 Å². The van der Waals surface area contributed by atoms with Gasteiger partial charge in [-0.1, -0.05) is 18.2 Å². The molecule has 3 rings (SSSR count). The van der Waals surface area contributed by atoms with E-state index in [1.807, 2.05) is 30.3 Å². The lowest BCUT2D eigenvalue weighted by molar-refractivity contribution is -0.130. The average molecular weight is 315 g/mol. The molecule has 118 valence electrons. The number of hydrogen-bond donors (Lipinski definition) is 2. The number of nitrogens with zero attached hydrogens (tertiary/aromatic N) is 5. The minimum absolute atomic E-state index is 0.0738. The fourth-order valence-electron chi connectivity index (χ4n) is 2.08. The molecule has 2 heterocycles. The summed E-state index contributed by atoms with van der Waals surface area (Å²) in [5.74, 6) is -0.473. The number of carbonyl (C=O) groups excluding carboxylic acids is 3. The van der Waals surface area contributed by atoms with Gasteiger partial charge in [-0.15, -0.1) is 5.10 Å². The summed E-state index contributed by atoms with van der Waals surface area (Å²) < 4.78 is 1.49. The standard InChI is InChI=1S/C13H13N7O3/c21-11(8-19-12(22)7-15-13(19)23)14-6-10-16-17-18-20(10)9-4-2-1-3-5-9/h1-5H,6-8H2,(H,14,21)(H,15,23). The molecular formula is C13H13N7O3. The third-order valence-corrected chi connectivity index (χ3v) is 3.22. The summed E-state index contributed by atoms with van der Waals surface area (Å²) in [5.41, 5.74) is 0.760. The molecule has 2 N–H and O–H groups in total. The SMILES string of the molecule is O=C(CN1C(=O)CNC1=O)NCc1nnnn1-c1ccccc1. The summed E-state index contributed by atoms with van der Waals surface area (Å²) in [4.78, 5) is 35.5. The van der Waals surface area contributed by atoms with Crippen molar-refractivity contribution in [3.63, 3.8) is 0 Å². The highest BCUT2D eigenvalue weighted by atomic mass is 16.2. The van der Waals surface area contributed by atoms with E-state index in [-0.39, 0.29) is 19.6 Å². The molecule has 1 aliphatic heterocycles. The molecule has 0 radical (unpaired) electrons. The van der Waals surface area contributed by atoms with Crippen molar-refractivity contribution < 1.29 is 14.4 Å². The third-order valence-electron chi connectivity index (χ3n) is 3.22. The number of tetrazole rings is 1. The molecule has 1 saturated heterocycles. The van der Waals surface area contributed by atoms with Gasteiger partial charge in [-0.3, -0.25) is 14.5 Å². The Labute approximate surface area is 130 Å². The first-order valence-electron chi connectivity index (χ1n) is 6.83. The zero-order valence-electron chi connectivity index (χ0n) is 12.0. The highest BCUT2D eigenvalue weighted by Crippen LogP contribution is 2.06. The number of amides is 4. The van der Waals surface area contributed by atoms with Crippen LogP contribution in [0, 0.1) is 0 Å². The lowest BCUT2D eigenvalue weighted by Gasteiger charge is -2.12. The van der Waals surface area contributed by atoms with Gasteiger partial charge in [-0.2, -0.15) is 4.68 Å². The summed E-state index contributed by atoms with van der Waals surface area (Å²) in [5, 5.41) is 16.2. The summed E-state index contributed by atoms with van der Waals surface area (Å²) in [7, 11) is 0. The molecule has 0 spiro atoms. The Morgan fingerprint density at radius 1 is 1.26 bits per heavy atom. The summed E-state index contributed by atoms with van der Waals surface area (Å²) in [6, 6.07) is 8.64. The fourth-order valence-corrected chi connectivity index (χ4v) is 2.08. The monoisotopic (exact) mass is 315 g/mol. The highest BCUT2D eigenvalue weighted by molar-refractivity contribution is 6.04. The van der Waals surface area contributed by atoms with Crippen LogP contribution in [0.2, 0.25) is 0 Å². The topological polar surface area (TPSA) is 122 Å². The van der Waals surface area contributed by atoms with Crippen molar-refractivity contribution in [2.45, 2.75) is 6.54 Å². The van der Waals surface area contributed by atoms with Gasteiger partial charge in [0.1, 0.15) is 6.54 Å². The van der Waals surface area contributed by atoms with Gasteiger partial charge in [0.2, 0.25) is 5.91 Å². The Kier molecular flexibility index (Phi) is 3.95. The number of urea groups is 1. The van der Waals surface area contributed by atoms with Gasteiger partial charge >= 0.3 is 6.03 Å². The zero-order chi connectivity index (χ0) is 16.2. The predicted molar refractivity (Wildman–Crippen MR) is 76.1 cm³/mol. The Morgan fingerprint density at radius 2 is 2.04 bits per heavy atom. The quantitative estimate of drug-likeness (QED) is 0.670. The number of aromatic nitrogens is 4. The molecule has 0 unspecified atom stereocenters. The molecule has 10 heteroatoms. The lowest BCUT2D eigenvalue weighted by atomic mass is 10.3. The molecule has 1 aromatic carbocycles. The van der Waals surface area contributed by atoms with Crippen molar-refractivity contribution in [1.29, 1.82) is 0 Å². The van der Waals surface area contributed by atoms with Crippen molar-refractivity contribution in [3.8, 4) is 5.69 Å². The van der Waals surface area contributed by atoms with Crippen LogP contribution in [0.15, 0.2) is 30.3 Å². The second kappa shape index (κ2) is 6.22. The molecular weight excluding hydrogens is 302 g/mol.